The molecule has 0 aromatic carbocycles. The first kappa shape index (κ1) is 11.8. The van der Waals surface area contributed by atoms with Crippen LogP contribution < -0.4 is 5.32 Å². The summed E-state index contributed by atoms with van der Waals surface area (Å²) in [6, 6.07) is 0.556. The zero-order valence-corrected chi connectivity index (χ0v) is 9.81. The third kappa shape index (κ3) is 3.83. The van der Waals surface area contributed by atoms with Crippen LogP contribution in [0.25, 0.3) is 0 Å². The van der Waals surface area contributed by atoms with Crippen molar-refractivity contribution < 1.29 is 0 Å². The fourth-order valence-corrected chi connectivity index (χ4v) is 2.47. The van der Waals surface area contributed by atoms with Crippen molar-refractivity contribution in [2.45, 2.75) is 58.4 Å². The summed E-state index contributed by atoms with van der Waals surface area (Å²) in [5.74, 6) is 1.01. The molecule has 1 saturated carbocycles. The fourth-order valence-electron chi connectivity index (χ4n) is 2.47. The molecular formula is C13H25N. The quantitative estimate of drug-likeness (QED) is 0.640. The van der Waals surface area contributed by atoms with Gasteiger partial charge in [-0.1, -0.05) is 44.8 Å². The number of hydrogen-bond acceptors (Lipinski definition) is 1. The van der Waals surface area contributed by atoms with Gasteiger partial charge < -0.3 is 5.32 Å². The van der Waals surface area contributed by atoms with E-state index in [1.807, 2.05) is 0 Å². The predicted octanol–water partition coefficient (Wildman–Crippen LogP) is 3.51. The van der Waals surface area contributed by atoms with E-state index in [-0.39, 0.29) is 0 Å². The second-order valence-electron chi connectivity index (χ2n) is 4.68. The van der Waals surface area contributed by atoms with Crippen molar-refractivity contribution >= 4 is 0 Å². The molecule has 0 aromatic heterocycles. The first-order valence-corrected chi connectivity index (χ1v) is 6.12. The van der Waals surface area contributed by atoms with E-state index < -0.39 is 0 Å². The molecule has 1 atom stereocenters. The third-order valence-corrected chi connectivity index (χ3v) is 3.38. The zero-order chi connectivity index (χ0) is 10.4. The van der Waals surface area contributed by atoms with Crippen LogP contribution in [-0.2, 0) is 0 Å². The molecule has 0 bridgehead atoms. The summed E-state index contributed by atoms with van der Waals surface area (Å²) < 4.78 is 0. The molecule has 1 fully saturated rings. The number of rotatable bonds is 6. The lowest BCUT2D eigenvalue weighted by atomic mass is 9.96. The number of likely N-dealkylation sites (N-methyl/N-ethyl adjacent to an activating group) is 1. The Hall–Kier alpha value is -0.300. The summed E-state index contributed by atoms with van der Waals surface area (Å²) in [6.45, 7) is 9.43. The second kappa shape index (κ2) is 6.23. The van der Waals surface area contributed by atoms with Crippen LogP contribution in [0, 0.1) is 5.92 Å². The van der Waals surface area contributed by atoms with E-state index in [0.29, 0.717) is 6.04 Å². The fraction of sp³-hybridized carbons (Fsp3) is 0.846. The Kier molecular flexibility index (Phi) is 5.24. The maximum atomic E-state index is 4.06. The molecule has 0 spiro atoms. The van der Waals surface area contributed by atoms with Crippen LogP contribution in [0.2, 0.25) is 0 Å². The lowest BCUT2D eigenvalue weighted by molar-refractivity contribution is 0.435. The average Bonchev–Trinajstić information content (AvgIpc) is 2.64. The van der Waals surface area contributed by atoms with E-state index in [2.05, 4.69) is 25.7 Å². The molecule has 1 aliphatic rings. The molecule has 14 heavy (non-hydrogen) atoms. The summed E-state index contributed by atoms with van der Waals surface area (Å²) in [6.07, 6.45) is 8.54. The van der Waals surface area contributed by atoms with Gasteiger partial charge >= 0.3 is 0 Å². The molecule has 0 amide bonds. The standard InChI is InChI=1S/C13H25N/c1-4-14-13(11(2)3)10-9-12-7-5-6-8-12/h12-14H,2,4-10H2,1,3H3. The first-order valence-electron chi connectivity index (χ1n) is 6.12. The molecular weight excluding hydrogens is 170 g/mol. The summed E-state index contributed by atoms with van der Waals surface area (Å²) >= 11 is 0. The minimum atomic E-state index is 0.556. The molecule has 0 saturated heterocycles. The van der Waals surface area contributed by atoms with Crippen LogP contribution in [0.3, 0.4) is 0 Å². The summed E-state index contributed by atoms with van der Waals surface area (Å²) in [4.78, 5) is 0. The SMILES string of the molecule is C=C(C)C(CCC1CCCC1)NCC. The monoisotopic (exact) mass is 195 g/mol. The number of nitrogens with one attached hydrogen (secondary N) is 1. The van der Waals surface area contributed by atoms with Gasteiger partial charge in [0.15, 0.2) is 0 Å². The highest BCUT2D eigenvalue weighted by molar-refractivity contribution is 5.01. The van der Waals surface area contributed by atoms with Crippen molar-refractivity contribution in [3.63, 3.8) is 0 Å². The molecule has 1 rings (SSSR count). The van der Waals surface area contributed by atoms with E-state index >= 15 is 0 Å². The summed E-state index contributed by atoms with van der Waals surface area (Å²) in [7, 11) is 0. The highest BCUT2D eigenvalue weighted by Crippen LogP contribution is 2.29. The van der Waals surface area contributed by atoms with Gasteiger partial charge in [-0.15, -0.1) is 0 Å². The van der Waals surface area contributed by atoms with Crippen LogP contribution in [0.15, 0.2) is 12.2 Å². The molecule has 82 valence electrons. The topological polar surface area (TPSA) is 12.0 Å². The first-order chi connectivity index (χ1) is 6.74. The molecule has 0 radical (unpaired) electrons. The third-order valence-electron chi connectivity index (χ3n) is 3.38. The number of hydrogen-bond donors (Lipinski definition) is 1. The molecule has 1 heteroatoms. The average molecular weight is 195 g/mol. The minimum absolute atomic E-state index is 0.556. The van der Waals surface area contributed by atoms with Crippen molar-refractivity contribution in [3.05, 3.63) is 12.2 Å². The highest BCUT2D eigenvalue weighted by Gasteiger charge is 2.17. The summed E-state index contributed by atoms with van der Waals surface area (Å²) in [5, 5.41) is 3.51. The Labute approximate surface area is 89.0 Å². The second-order valence-corrected chi connectivity index (χ2v) is 4.68. The van der Waals surface area contributed by atoms with Crippen molar-refractivity contribution in [2.24, 2.45) is 5.92 Å². The summed E-state index contributed by atoms with van der Waals surface area (Å²) in [5.41, 5.74) is 1.30. The Balaban J connectivity index is 2.21. The van der Waals surface area contributed by atoms with E-state index in [0.717, 1.165) is 12.5 Å². The largest absolute Gasteiger partial charge is 0.311 e. The molecule has 1 N–H and O–H groups in total. The van der Waals surface area contributed by atoms with Gasteiger partial charge in [-0.25, -0.2) is 0 Å². The minimum Gasteiger partial charge on any atom is -0.311 e. The van der Waals surface area contributed by atoms with Gasteiger partial charge in [-0.3, -0.25) is 0 Å². The predicted molar refractivity (Wildman–Crippen MR) is 63.5 cm³/mol. The highest BCUT2D eigenvalue weighted by atomic mass is 14.9. The maximum absolute atomic E-state index is 4.06. The molecule has 0 aliphatic heterocycles. The molecule has 0 aromatic rings. The molecule has 1 nitrogen and oxygen atoms in total. The maximum Gasteiger partial charge on any atom is 0.0274 e. The zero-order valence-electron chi connectivity index (χ0n) is 9.81. The Morgan fingerprint density at radius 2 is 2.07 bits per heavy atom. The molecule has 0 heterocycles. The smallest absolute Gasteiger partial charge is 0.0274 e. The lowest BCUT2D eigenvalue weighted by Gasteiger charge is -2.19. The van der Waals surface area contributed by atoms with Crippen LogP contribution >= 0.6 is 0 Å². The van der Waals surface area contributed by atoms with Gasteiger partial charge in [0.1, 0.15) is 0 Å². The van der Waals surface area contributed by atoms with Crippen LogP contribution in [0.4, 0.5) is 0 Å². The Bertz CT molecular complexity index is 168. The van der Waals surface area contributed by atoms with Gasteiger partial charge in [-0.2, -0.15) is 0 Å². The lowest BCUT2D eigenvalue weighted by Crippen LogP contribution is -2.30. The van der Waals surface area contributed by atoms with Crippen molar-refractivity contribution in [2.75, 3.05) is 6.54 Å². The van der Waals surface area contributed by atoms with Crippen molar-refractivity contribution in [1.29, 1.82) is 0 Å². The normalized spacial score (nSPS) is 19.9. The van der Waals surface area contributed by atoms with Gasteiger partial charge in [-0.05, 0) is 32.2 Å². The van der Waals surface area contributed by atoms with E-state index in [9.17, 15) is 0 Å². The van der Waals surface area contributed by atoms with Crippen LogP contribution in [0.1, 0.15) is 52.4 Å². The molecule has 1 aliphatic carbocycles. The van der Waals surface area contributed by atoms with E-state index in [1.54, 1.807) is 0 Å². The van der Waals surface area contributed by atoms with Gasteiger partial charge in [0, 0.05) is 6.04 Å². The van der Waals surface area contributed by atoms with Gasteiger partial charge in [0.25, 0.3) is 0 Å². The van der Waals surface area contributed by atoms with Crippen LogP contribution in [-0.4, -0.2) is 12.6 Å². The van der Waals surface area contributed by atoms with E-state index in [1.165, 1.54) is 44.1 Å². The van der Waals surface area contributed by atoms with Gasteiger partial charge in [0.2, 0.25) is 0 Å². The van der Waals surface area contributed by atoms with Crippen molar-refractivity contribution in [1.82, 2.24) is 5.32 Å². The Morgan fingerprint density at radius 1 is 1.43 bits per heavy atom. The van der Waals surface area contributed by atoms with Crippen molar-refractivity contribution in [3.8, 4) is 0 Å². The Morgan fingerprint density at radius 3 is 2.57 bits per heavy atom. The van der Waals surface area contributed by atoms with E-state index in [4.69, 9.17) is 0 Å². The van der Waals surface area contributed by atoms with Crippen LogP contribution in [0.5, 0.6) is 0 Å². The molecule has 1 unspecified atom stereocenters. The van der Waals surface area contributed by atoms with Gasteiger partial charge in [0.05, 0.1) is 0 Å².